The number of rotatable bonds is 5. The molecule has 158 valence electrons. The molecule has 3 aromatic carbocycles. The molecule has 6 heteroatoms. The molecule has 0 amide bonds. The van der Waals surface area contributed by atoms with Crippen LogP contribution >= 0.6 is 11.6 Å². The largest absolute Gasteiger partial charge is 0.509 e. The summed E-state index contributed by atoms with van der Waals surface area (Å²) >= 11 is 6.46. The van der Waals surface area contributed by atoms with Crippen molar-refractivity contribution in [3.63, 3.8) is 0 Å². The van der Waals surface area contributed by atoms with E-state index >= 15 is 0 Å². The van der Waals surface area contributed by atoms with E-state index in [-0.39, 0.29) is 17.9 Å². The minimum atomic E-state index is -0.673. The quantitative estimate of drug-likeness (QED) is 0.530. The van der Waals surface area contributed by atoms with Crippen LogP contribution in [0.5, 0.6) is 0 Å². The Hall–Kier alpha value is -3.28. The van der Waals surface area contributed by atoms with Crippen molar-refractivity contribution in [2.75, 3.05) is 5.01 Å². The van der Waals surface area contributed by atoms with Gasteiger partial charge in [-0.1, -0.05) is 78.3 Å². The van der Waals surface area contributed by atoms with Gasteiger partial charge in [0.25, 0.3) is 0 Å². The molecule has 0 bridgehead atoms. The molecule has 3 aromatic rings. The Bertz CT molecular complexity index is 1090. The second-order valence-electron chi connectivity index (χ2n) is 7.33. The predicted molar refractivity (Wildman–Crippen MR) is 122 cm³/mol. The van der Waals surface area contributed by atoms with E-state index in [1.807, 2.05) is 90.8 Å². The van der Waals surface area contributed by atoms with Gasteiger partial charge in [-0.2, -0.15) is 0 Å². The fraction of sp³-hybridized carbons (Fsp3) is 0.160. The average Bonchev–Trinajstić information content (AvgIpc) is 2.81. The number of carbonyl (C=O) groups excluding carboxylic acids is 1. The molecule has 31 heavy (non-hydrogen) atoms. The van der Waals surface area contributed by atoms with Gasteiger partial charge in [-0.15, -0.1) is 0 Å². The fourth-order valence-electron chi connectivity index (χ4n) is 3.65. The number of benzene rings is 3. The maximum Gasteiger partial charge on any atom is 0.339 e. The van der Waals surface area contributed by atoms with E-state index in [1.165, 1.54) is 0 Å². The van der Waals surface area contributed by atoms with E-state index in [2.05, 4.69) is 5.43 Å². The van der Waals surface area contributed by atoms with Crippen LogP contribution in [0.1, 0.15) is 24.1 Å². The summed E-state index contributed by atoms with van der Waals surface area (Å²) < 4.78 is 5.56. The molecule has 0 spiro atoms. The van der Waals surface area contributed by atoms with Crippen LogP contribution in [0.25, 0.3) is 0 Å². The Labute approximate surface area is 186 Å². The molecule has 0 unspecified atom stereocenters. The summed E-state index contributed by atoms with van der Waals surface area (Å²) in [5.74, 6) is -0.635. The lowest BCUT2D eigenvalue weighted by atomic mass is 9.93. The number of anilines is 1. The number of nitrogens with zero attached hydrogens (tertiary/aromatic N) is 1. The Balaban J connectivity index is 1.71. The molecule has 0 radical (unpaired) electrons. The highest BCUT2D eigenvalue weighted by Crippen LogP contribution is 2.36. The molecule has 4 rings (SSSR count). The van der Waals surface area contributed by atoms with Crippen molar-refractivity contribution in [2.45, 2.75) is 25.6 Å². The maximum absolute atomic E-state index is 13.1. The average molecular weight is 435 g/mol. The van der Waals surface area contributed by atoms with Gasteiger partial charge >= 0.3 is 5.97 Å². The molecular formula is C25H23ClN2O3. The molecule has 0 aromatic heterocycles. The number of ether oxygens (including phenoxy) is 1. The molecular weight excluding hydrogens is 412 g/mol. The van der Waals surface area contributed by atoms with E-state index in [9.17, 15) is 9.90 Å². The third kappa shape index (κ3) is 4.43. The lowest BCUT2D eigenvalue weighted by Crippen LogP contribution is -2.53. The molecule has 5 nitrogen and oxygen atoms in total. The first-order chi connectivity index (χ1) is 15.1. The van der Waals surface area contributed by atoms with Crippen LogP contribution < -0.4 is 10.4 Å². The number of hydrazine groups is 1. The predicted octanol–water partition coefficient (Wildman–Crippen LogP) is 5.35. The van der Waals surface area contributed by atoms with Gasteiger partial charge in [-0.05, 0) is 36.2 Å². The normalized spacial score (nSPS) is 18.7. The number of para-hydroxylation sites is 1. The summed E-state index contributed by atoms with van der Waals surface area (Å²) in [6.45, 7) is 1.94. The molecule has 1 heterocycles. The van der Waals surface area contributed by atoms with Crippen molar-refractivity contribution in [2.24, 2.45) is 0 Å². The fourth-order valence-corrected chi connectivity index (χ4v) is 3.90. The number of hydrogen-bond donors (Lipinski definition) is 2. The minimum absolute atomic E-state index is 0.0504. The van der Waals surface area contributed by atoms with Gasteiger partial charge < -0.3 is 9.84 Å². The zero-order chi connectivity index (χ0) is 21.8. The summed E-state index contributed by atoms with van der Waals surface area (Å²) in [6.07, 6.45) is 0. The number of carbonyl (C=O) groups is 1. The SMILES string of the molecule is C[C@@H]1C(O)=C(C(=O)OCc2ccccc2)[C@H](c2ccccc2Cl)NN1c1ccccc1. The molecule has 0 saturated carbocycles. The third-order valence-corrected chi connectivity index (χ3v) is 5.64. The Morgan fingerprint density at radius 1 is 1.00 bits per heavy atom. The standard InChI is InChI=1S/C25H23ClN2O3/c1-17-24(29)22(25(30)31-16-18-10-4-2-5-11-18)23(20-14-8-9-15-21(20)26)27-28(17)19-12-6-3-7-13-19/h2-15,17,23,27,29H,16H2,1H3/t17-,23+/m1/s1. The molecule has 0 fully saturated rings. The first kappa shape index (κ1) is 21.0. The molecule has 1 aliphatic rings. The van der Waals surface area contributed by atoms with Crippen molar-refractivity contribution in [1.29, 1.82) is 0 Å². The third-order valence-electron chi connectivity index (χ3n) is 5.30. The van der Waals surface area contributed by atoms with Crippen molar-refractivity contribution in [3.8, 4) is 0 Å². The summed E-state index contributed by atoms with van der Waals surface area (Å²) in [5.41, 5.74) is 5.92. The lowest BCUT2D eigenvalue weighted by Gasteiger charge is -2.40. The number of halogens is 1. The second kappa shape index (κ2) is 9.25. The van der Waals surface area contributed by atoms with Crippen LogP contribution in [0.15, 0.2) is 96.3 Å². The van der Waals surface area contributed by atoms with Gasteiger partial charge in [0.1, 0.15) is 18.4 Å². The molecule has 2 N–H and O–H groups in total. The van der Waals surface area contributed by atoms with Gasteiger partial charge in [0.15, 0.2) is 0 Å². The molecule has 2 atom stereocenters. The van der Waals surface area contributed by atoms with Gasteiger partial charge in [0.2, 0.25) is 0 Å². The van der Waals surface area contributed by atoms with Crippen molar-refractivity contribution >= 4 is 23.3 Å². The van der Waals surface area contributed by atoms with E-state index in [4.69, 9.17) is 16.3 Å². The van der Waals surface area contributed by atoms with Crippen LogP contribution in [0.2, 0.25) is 5.02 Å². The van der Waals surface area contributed by atoms with Gasteiger partial charge in [-0.25, -0.2) is 10.2 Å². The smallest absolute Gasteiger partial charge is 0.339 e. The Morgan fingerprint density at radius 2 is 1.61 bits per heavy atom. The van der Waals surface area contributed by atoms with Crippen LogP contribution in [-0.4, -0.2) is 17.1 Å². The summed E-state index contributed by atoms with van der Waals surface area (Å²) in [6, 6.07) is 25.1. The van der Waals surface area contributed by atoms with Gasteiger partial charge in [-0.3, -0.25) is 5.01 Å². The molecule has 0 saturated heterocycles. The van der Waals surface area contributed by atoms with E-state index in [0.29, 0.717) is 10.6 Å². The number of hydrogen-bond acceptors (Lipinski definition) is 5. The first-order valence-corrected chi connectivity index (χ1v) is 10.4. The summed E-state index contributed by atoms with van der Waals surface area (Å²) in [5, 5.41) is 13.4. The van der Waals surface area contributed by atoms with Crippen molar-refractivity contribution in [1.82, 2.24) is 5.43 Å². The van der Waals surface area contributed by atoms with Crippen LogP contribution in [-0.2, 0) is 16.1 Å². The van der Waals surface area contributed by atoms with Gasteiger partial charge in [0, 0.05) is 5.02 Å². The Kier molecular flexibility index (Phi) is 6.26. The highest BCUT2D eigenvalue weighted by Gasteiger charge is 2.39. The summed E-state index contributed by atoms with van der Waals surface area (Å²) in [4.78, 5) is 13.1. The number of aliphatic hydroxyl groups is 1. The second-order valence-corrected chi connectivity index (χ2v) is 7.73. The summed E-state index contributed by atoms with van der Waals surface area (Å²) in [7, 11) is 0. The van der Waals surface area contributed by atoms with Crippen LogP contribution in [0.4, 0.5) is 5.69 Å². The number of esters is 1. The monoisotopic (exact) mass is 434 g/mol. The lowest BCUT2D eigenvalue weighted by molar-refractivity contribution is -0.141. The highest BCUT2D eigenvalue weighted by molar-refractivity contribution is 6.31. The number of nitrogens with one attached hydrogen (secondary N) is 1. The van der Waals surface area contributed by atoms with Crippen LogP contribution in [0.3, 0.4) is 0 Å². The van der Waals surface area contributed by atoms with Crippen molar-refractivity contribution < 1.29 is 14.6 Å². The first-order valence-electron chi connectivity index (χ1n) is 10.0. The highest BCUT2D eigenvalue weighted by atomic mass is 35.5. The zero-order valence-electron chi connectivity index (χ0n) is 17.0. The van der Waals surface area contributed by atoms with Gasteiger partial charge in [0.05, 0.1) is 17.3 Å². The van der Waals surface area contributed by atoms with Crippen molar-refractivity contribution in [3.05, 3.63) is 112 Å². The van der Waals surface area contributed by atoms with E-state index in [1.54, 1.807) is 6.07 Å². The Morgan fingerprint density at radius 3 is 2.29 bits per heavy atom. The molecule has 0 aliphatic carbocycles. The van der Waals surface area contributed by atoms with E-state index in [0.717, 1.165) is 11.3 Å². The van der Waals surface area contributed by atoms with Crippen LogP contribution in [0, 0.1) is 0 Å². The molecule has 1 aliphatic heterocycles. The maximum atomic E-state index is 13.1. The van der Waals surface area contributed by atoms with E-state index < -0.39 is 18.1 Å². The zero-order valence-corrected chi connectivity index (χ0v) is 17.8. The topological polar surface area (TPSA) is 61.8 Å². The number of aliphatic hydroxyl groups excluding tert-OH is 1. The minimum Gasteiger partial charge on any atom is -0.509 e.